The highest BCUT2D eigenvalue weighted by Gasteiger charge is 2.29. The molecule has 264 valence electrons. The van der Waals surface area contributed by atoms with Crippen molar-refractivity contribution in [2.75, 3.05) is 5.73 Å². The van der Waals surface area contributed by atoms with Crippen molar-refractivity contribution >= 4 is 91.1 Å². The van der Waals surface area contributed by atoms with Crippen molar-refractivity contribution in [1.82, 2.24) is 0 Å². The van der Waals surface area contributed by atoms with Crippen LogP contribution in [0.4, 0.5) is 39.8 Å². The summed E-state index contributed by atoms with van der Waals surface area (Å²) in [6.07, 6.45) is 0. The number of nitro benzene ring substituents is 2. The normalized spacial score (nSPS) is 13.0. The van der Waals surface area contributed by atoms with E-state index in [1.165, 1.54) is 0 Å². The molecule has 0 amide bonds. The fourth-order valence-electron chi connectivity index (χ4n) is 4.11. The number of non-ortho nitro benzene ring substituents is 1. The second-order valence-electron chi connectivity index (χ2n) is 9.42. The van der Waals surface area contributed by atoms with Gasteiger partial charge in [-0.1, -0.05) is 0 Å². The fraction of sp³-hybridized carbons (Fsp3) is 0. The Bertz CT molecular complexity index is 2680. The van der Waals surface area contributed by atoms with Crippen molar-refractivity contribution in [3.05, 3.63) is 68.8 Å². The van der Waals surface area contributed by atoms with E-state index in [0.717, 1.165) is 6.07 Å². The Morgan fingerprint density at radius 2 is 1.14 bits per heavy atom. The maximum Gasteiger partial charge on any atom is 0.298 e. The molecule has 0 saturated heterocycles. The van der Waals surface area contributed by atoms with Gasteiger partial charge in [0, 0.05) is 23.6 Å². The van der Waals surface area contributed by atoms with E-state index in [1.807, 2.05) is 0 Å². The molecule has 0 unspecified atom stereocenters. The molecule has 4 aromatic carbocycles. The topological polar surface area (TPSA) is 399 Å². The lowest BCUT2D eigenvalue weighted by atomic mass is 10.0. The van der Waals surface area contributed by atoms with E-state index in [4.69, 9.17) is 5.73 Å². The van der Waals surface area contributed by atoms with Gasteiger partial charge in [-0.2, -0.15) is 33.7 Å². The largest absolute Gasteiger partial charge is 0.505 e. The Labute approximate surface area is 277 Å². The first-order chi connectivity index (χ1) is 22.8. The average molecular weight is 778 g/mol. The van der Waals surface area contributed by atoms with Crippen LogP contribution in [0, 0.1) is 20.2 Å². The molecule has 0 atom stereocenters. The van der Waals surface area contributed by atoms with Gasteiger partial charge < -0.3 is 10.8 Å². The van der Waals surface area contributed by atoms with Crippen molar-refractivity contribution < 1.29 is 66.8 Å². The molecule has 0 aromatic heterocycles. The highest BCUT2D eigenvalue weighted by molar-refractivity contribution is 7.86. The van der Waals surface area contributed by atoms with E-state index < -0.39 is 126 Å². The van der Waals surface area contributed by atoms with Crippen molar-refractivity contribution in [2.24, 2.45) is 20.5 Å². The minimum atomic E-state index is -5.51. The van der Waals surface area contributed by atoms with Gasteiger partial charge in [-0.25, -0.2) is 0 Å². The molecule has 50 heavy (non-hydrogen) atoms. The van der Waals surface area contributed by atoms with Crippen LogP contribution in [0.5, 0.6) is 5.75 Å². The molecule has 0 fully saturated rings. The summed E-state index contributed by atoms with van der Waals surface area (Å²) in [6, 6.07) is 4.26. The number of nitrogens with zero attached hydrogens (tertiary/aromatic N) is 6. The van der Waals surface area contributed by atoms with E-state index in [-0.39, 0.29) is 0 Å². The zero-order chi connectivity index (χ0) is 37.7. The van der Waals surface area contributed by atoms with E-state index in [9.17, 15) is 77.2 Å². The second-order valence-corrected chi connectivity index (χ2v) is 15.0. The maximum atomic E-state index is 12.3. The maximum absolute atomic E-state index is 12.3. The molecule has 28 heteroatoms. The van der Waals surface area contributed by atoms with Crippen molar-refractivity contribution in [3.8, 4) is 5.75 Å². The van der Waals surface area contributed by atoms with Crippen LogP contribution in [-0.4, -0.2) is 66.8 Å². The molecular weight excluding hydrogens is 763 g/mol. The first-order valence-electron chi connectivity index (χ1n) is 12.2. The van der Waals surface area contributed by atoms with Gasteiger partial charge in [0.05, 0.1) is 20.9 Å². The number of phenolic OH excluding ortho intramolecular Hbond substituents is 1. The number of fused-ring (bicyclic) bond motifs is 1. The number of benzene rings is 4. The molecule has 0 bridgehead atoms. The van der Waals surface area contributed by atoms with Gasteiger partial charge in [-0.3, -0.25) is 38.4 Å². The zero-order valence-corrected chi connectivity index (χ0v) is 26.9. The van der Waals surface area contributed by atoms with Gasteiger partial charge >= 0.3 is 0 Å². The molecule has 0 radical (unpaired) electrons. The van der Waals surface area contributed by atoms with E-state index in [1.54, 1.807) is 0 Å². The number of nitrogen functional groups attached to an aromatic ring is 1. The number of hydrogen-bond acceptors (Lipinski definition) is 18. The predicted molar refractivity (Wildman–Crippen MR) is 164 cm³/mol. The summed E-state index contributed by atoms with van der Waals surface area (Å²) < 4.78 is 134. The quantitative estimate of drug-likeness (QED) is 0.0438. The van der Waals surface area contributed by atoms with Crippen LogP contribution in [0.15, 0.2) is 88.6 Å². The molecule has 0 spiro atoms. The third-order valence-corrected chi connectivity index (χ3v) is 9.76. The Morgan fingerprint density at radius 3 is 1.66 bits per heavy atom. The van der Waals surface area contributed by atoms with Gasteiger partial charge in [-0.05, 0) is 30.3 Å². The summed E-state index contributed by atoms with van der Waals surface area (Å²) in [5.74, 6) is -1.43. The number of anilines is 1. The van der Waals surface area contributed by atoms with Crippen LogP contribution >= 0.6 is 0 Å². The van der Waals surface area contributed by atoms with Crippen LogP contribution in [0.25, 0.3) is 10.8 Å². The SMILES string of the molecule is Nc1c(N=Nc2ccc([N+](=O)[O-])cc2S(=O)(=O)O)cc(S(=O)(=O)O)c2cc(S(=O)(=O)O)c(N=Nc3ccc(S(=O)(=O)O)cc3[N+](=O)[O-])c(O)c12. The number of azo groups is 2. The highest BCUT2D eigenvalue weighted by atomic mass is 32.2. The lowest BCUT2D eigenvalue weighted by Gasteiger charge is -2.14. The first kappa shape index (κ1) is 37.2. The van der Waals surface area contributed by atoms with Crippen LogP contribution in [0.1, 0.15) is 0 Å². The zero-order valence-electron chi connectivity index (χ0n) is 23.6. The second kappa shape index (κ2) is 12.7. The minimum absolute atomic E-state index is 0.335. The number of aromatic hydroxyl groups is 1. The van der Waals surface area contributed by atoms with Crippen LogP contribution in [0.2, 0.25) is 0 Å². The van der Waals surface area contributed by atoms with Crippen LogP contribution < -0.4 is 5.73 Å². The number of nitrogens with two attached hydrogens (primary N) is 1. The van der Waals surface area contributed by atoms with Crippen LogP contribution in [0.3, 0.4) is 0 Å². The monoisotopic (exact) mass is 777 g/mol. The summed E-state index contributed by atoms with van der Waals surface area (Å²) in [7, 11) is -21.1. The third kappa shape index (κ3) is 7.50. The molecule has 0 aliphatic heterocycles. The number of rotatable bonds is 10. The minimum Gasteiger partial charge on any atom is -0.505 e. The fourth-order valence-corrected chi connectivity index (χ4v) is 6.60. The summed E-state index contributed by atoms with van der Waals surface area (Å²) in [6.45, 7) is 0. The van der Waals surface area contributed by atoms with Crippen molar-refractivity contribution in [2.45, 2.75) is 19.6 Å². The Balaban J connectivity index is 2.06. The third-order valence-electron chi connectivity index (χ3n) is 6.27. The molecule has 0 aliphatic rings. The Hall–Kier alpha value is -5.62. The first-order valence-corrected chi connectivity index (χ1v) is 18.0. The van der Waals surface area contributed by atoms with Crippen molar-refractivity contribution in [3.63, 3.8) is 0 Å². The molecule has 24 nitrogen and oxygen atoms in total. The van der Waals surface area contributed by atoms with E-state index in [2.05, 4.69) is 20.5 Å². The average Bonchev–Trinajstić information content (AvgIpc) is 2.97. The molecule has 4 aromatic rings. The lowest BCUT2D eigenvalue weighted by molar-refractivity contribution is -0.385. The van der Waals surface area contributed by atoms with Gasteiger partial charge in [0.25, 0.3) is 51.8 Å². The summed E-state index contributed by atoms with van der Waals surface area (Å²) in [5.41, 5.74) is -0.371. The van der Waals surface area contributed by atoms with Gasteiger partial charge in [0.2, 0.25) is 0 Å². The predicted octanol–water partition coefficient (Wildman–Crippen LogP) is 3.76. The Kier molecular flexibility index (Phi) is 9.44. The van der Waals surface area contributed by atoms with Gasteiger partial charge in [0.1, 0.15) is 36.6 Å². The highest BCUT2D eigenvalue weighted by Crippen LogP contribution is 2.48. The number of hydrogen-bond donors (Lipinski definition) is 6. The summed E-state index contributed by atoms with van der Waals surface area (Å²) >= 11 is 0. The summed E-state index contributed by atoms with van der Waals surface area (Å²) in [5, 5.41) is 45.8. The molecule has 0 heterocycles. The van der Waals surface area contributed by atoms with E-state index >= 15 is 0 Å². The molecule has 0 saturated carbocycles. The van der Waals surface area contributed by atoms with E-state index in [0.29, 0.717) is 42.5 Å². The molecule has 4 rings (SSSR count). The number of nitro groups is 2. The number of phenols is 1. The molecule has 0 aliphatic carbocycles. The smallest absolute Gasteiger partial charge is 0.298 e. The molecule has 7 N–H and O–H groups in total. The lowest BCUT2D eigenvalue weighted by Crippen LogP contribution is -2.04. The van der Waals surface area contributed by atoms with Crippen molar-refractivity contribution in [1.29, 1.82) is 0 Å². The molecular formula is C22H15N7O17S4. The van der Waals surface area contributed by atoms with Gasteiger partial charge in [-0.15, -0.1) is 20.5 Å². The summed E-state index contributed by atoms with van der Waals surface area (Å²) in [4.78, 5) is 15.6. The van der Waals surface area contributed by atoms with Crippen LogP contribution in [-0.2, 0) is 40.5 Å². The Morgan fingerprint density at radius 1 is 0.600 bits per heavy atom. The standard InChI is InChI=1S/C22H15N7O17S4/c23-20-14(26-25-13-3-1-9(28(31)32)5-17(13)49(41,42)43)8-16(48(38,39)40)11-7-18(50(44,45)46)21(22(30)19(11)20)27-24-12-4-2-10(47(35,36)37)6-15(12)29(33)34/h1-8,30H,23H2,(H,35,36,37)(H,38,39,40)(H,41,42,43)(H,44,45,46). The van der Waals surface area contributed by atoms with Gasteiger partial charge in [0.15, 0.2) is 11.4 Å².